The van der Waals surface area contributed by atoms with Crippen molar-refractivity contribution >= 4 is 17.7 Å². The molecule has 1 heterocycles. The molecule has 3 rings (SSSR count). The van der Waals surface area contributed by atoms with Gasteiger partial charge in [0.15, 0.2) is 29.4 Å². The molecule has 118 valence electrons. The van der Waals surface area contributed by atoms with E-state index in [1.165, 1.54) is 0 Å². The topological polar surface area (TPSA) is 66.8 Å². The van der Waals surface area contributed by atoms with Gasteiger partial charge in [0.1, 0.15) is 0 Å². The summed E-state index contributed by atoms with van der Waals surface area (Å²) in [6.07, 6.45) is -3.16. The molecule has 1 aliphatic heterocycles. The minimum Gasteiger partial charge on any atom is -0.450 e. The predicted octanol–water partition coefficient (Wildman–Crippen LogP) is 2.36. The van der Waals surface area contributed by atoms with Crippen molar-refractivity contribution in [2.45, 2.75) is 31.4 Å². The molecule has 1 amide bonds. The van der Waals surface area contributed by atoms with Gasteiger partial charge in [0.2, 0.25) is 0 Å². The number of carbonyl (C=O) groups excluding carboxylic acids is 1. The van der Waals surface area contributed by atoms with E-state index in [1.807, 2.05) is 0 Å². The Morgan fingerprint density at radius 2 is 1.68 bits per heavy atom. The highest BCUT2D eigenvalue weighted by Crippen LogP contribution is 2.42. The molecule has 1 saturated carbocycles. The standard InChI is InChI=1S/C13H9F4NO4/c14-7-5-3-6(22-13(20)21)12(19)18(4-1-2-4)11(5)10(17)9(16)8(7)15/h4,6H,1-3H2,(H,20,21). The van der Waals surface area contributed by atoms with Crippen LogP contribution < -0.4 is 4.90 Å². The third-order valence-corrected chi connectivity index (χ3v) is 3.64. The minimum atomic E-state index is -2.01. The van der Waals surface area contributed by atoms with Gasteiger partial charge < -0.3 is 14.7 Å². The highest BCUT2D eigenvalue weighted by atomic mass is 19.2. The molecule has 1 fully saturated rings. The van der Waals surface area contributed by atoms with E-state index < -0.39 is 65.1 Å². The third kappa shape index (κ3) is 2.08. The lowest BCUT2D eigenvalue weighted by atomic mass is 9.97. The first-order valence-corrected chi connectivity index (χ1v) is 6.40. The number of anilines is 1. The first kappa shape index (κ1) is 14.6. The van der Waals surface area contributed by atoms with Gasteiger partial charge in [-0.15, -0.1) is 0 Å². The van der Waals surface area contributed by atoms with Gasteiger partial charge in [0.05, 0.1) is 5.69 Å². The van der Waals surface area contributed by atoms with E-state index in [1.54, 1.807) is 0 Å². The van der Waals surface area contributed by atoms with Crippen molar-refractivity contribution in [3.63, 3.8) is 0 Å². The maximum absolute atomic E-state index is 14.0. The lowest BCUT2D eigenvalue weighted by Crippen LogP contribution is -2.48. The fourth-order valence-electron chi connectivity index (χ4n) is 2.55. The molecule has 9 heteroatoms. The van der Waals surface area contributed by atoms with Crippen LogP contribution in [0.4, 0.5) is 28.0 Å². The Morgan fingerprint density at radius 1 is 1.09 bits per heavy atom. The number of benzene rings is 1. The van der Waals surface area contributed by atoms with Gasteiger partial charge in [-0.05, 0) is 12.8 Å². The van der Waals surface area contributed by atoms with Crippen LogP contribution >= 0.6 is 0 Å². The molecule has 5 nitrogen and oxygen atoms in total. The molecule has 1 N–H and O–H groups in total. The predicted molar refractivity (Wildman–Crippen MR) is 63.4 cm³/mol. The molecule has 0 bridgehead atoms. The molecule has 1 aromatic carbocycles. The van der Waals surface area contributed by atoms with Crippen molar-refractivity contribution in [2.75, 3.05) is 4.90 Å². The van der Waals surface area contributed by atoms with Crippen LogP contribution in [-0.4, -0.2) is 29.3 Å². The smallest absolute Gasteiger partial charge is 0.450 e. The number of hydrogen-bond donors (Lipinski definition) is 1. The van der Waals surface area contributed by atoms with Crippen molar-refractivity contribution < 1.29 is 37.0 Å². The molecule has 1 unspecified atom stereocenters. The Bertz CT molecular complexity index is 689. The van der Waals surface area contributed by atoms with Crippen LogP contribution in [0, 0.1) is 23.3 Å². The number of carboxylic acid groups (broad SMARTS) is 1. The number of rotatable bonds is 2. The highest BCUT2D eigenvalue weighted by Gasteiger charge is 2.46. The number of nitrogens with zero attached hydrogens (tertiary/aromatic N) is 1. The second kappa shape index (κ2) is 4.85. The molecular weight excluding hydrogens is 310 g/mol. The zero-order chi connectivity index (χ0) is 16.2. The summed E-state index contributed by atoms with van der Waals surface area (Å²) in [5.74, 6) is -8.24. The van der Waals surface area contributed by atoms with E-state index in [0.717, 1.165) is 4.90 Å². The average Bonchev–Trinajstić information content (AvgIpc) is 3.28. The highest BCUT2D eigenvalue weighted by molar-refractivity contribution is 6.01. The lowest BCUT2D eigenvalue weighted by Gasteiger charge is -2.34. The largest absolute Gasteiger partial charge is 0.506 e. The van der Waals surface area contributed by atoms with Crippen LogP contribution in [0.3, 0.4) is 0 Å². The Balaban J connectivity index is 2.17. The first-order chi connectivity index (χ1) is 10.3. The molecule has 0 spiro atoms. The van der Waals surface area contributed by atoms with Gasteiger partial charge in [-0.3, -0.25) is 4.79 Å². The fraction of sp³-hybridized carbons (Fsp3) is 0.385. The van der Waals surface area contributed by atoms with Crippen molar-refractivity contribution in [3.05, 3.63) is 28.8 Å². The number of hydrogen-bond acceptors (Lipinski definition) is 3. The van der Waals surface area contributed by atoms with Crippen LogP contribution in [0.1, 0.15) is 18.4 Å². The van der Waals surface area contributed by atoms with Gasteiger partial charge in [-0.2, -0.15) is 0 Å². The summed E-state index contributed by atoms with van der Waals surface area (Å²) in [6.45, 7) is 0. The second-order valence-corrected chi connectivity index (χ2v) is 5.10. The van der Waals surface area contributed by atoms with Gasteiger partial charge >= 0.3 is 6.16 Å². The summed E-state index contributed by atoms with van der Waals surface area (Å²) >= 11 is 0. The quantitative estimate of drug-likeness (QED) is 0.393. The van der Waals surface area contributed by atoms with E-state index >= 15 is 0 Å². The molecular formula is C13H9F4NO4. The molecule has 0 aromatic heterocycles. The van der Waals surface area contributed by atoms with Crippen molar-refractivity contribution in [1.82, 2.24) is 0 Å². The lowest BCUT2D eigenvalue weighted by molar-refractivity contribution is -0.128. The van der Waals surface area contributed by atoms with E-state index in [0.29, 0.717) is 12.8 Å². The molecule has 1 atom stereocenters. The maximum atomic E-state index is 14.0. The van der Waals surface area contributed by atoms with Gasteiger partial charge in [0, 0.05) is 18.0 Å². The third-order valence-electron chi connectivity index (χ3n) is 3.64. The van der Waals surface area contributed by atoms with E-state index in [-0.39, 0.29) is 0 Å². The molecule has 1 aliphatic carbocycles. The number of carbonyl (C=O) groups is 2. The molecule has 2 aliphatic rings. The molecule has 22 heavy (non-hydrogen) atoms. The molecule has 1 aromatic rings. The van der Waals surface area contributed by atoms with Crippen LogP contribution in [0.2, 0.25) is 0 Å². The Hall–Kier alpha value is -2.32. The minimum absolute atomic E-state index is 0.463. The summed E-state index contributed by atoms with van der Waals surface area (Å²) < 4.78 is 59.0. The van der Waals surface area contributed by atoms with Crippen LogP contribution in [-0.2, 0) is 16.0 Å². The molecule has 0 saturated heterocycles. The van der Waals surface area contributed by atoms with Gasteiger partial charge in [-0.25, -0.2) is 22.4 Å². The summed E-state index contributed by atoms with van der Waals surface area (Å²) in [4.78, 5) is 23.6. The Labute approximate surface area is 121 Å². The van der Waals surface area contributed by atoms with E-state index in [2.05, 4.69) is 4.74 Å². The zero-order valence-corrected chi connectivity index (χ0v) is 10.9. The summed E-state index contributed by atoms with van der Waals surface area (Å²) in [7, 11) is 0. The average molecular weight is 319 g/mol. The number of fused-ring (bicyclic) bond motifs is 1. The summed E-state index contributed by atoms with van der Waals surface area (Å²) in [5, 5.41) is 8.60. The first-order valence-electron chi connectivity index (χ1n) is 6.40. The van der Waals surface area contributed by atoms with Crippen molar-refractivity contribution in [1.29, 1.82) is 0 Å². The monoisotopic (exact) mass is 319 g/mol. The van der Waals surface area contributed by atoms with Crippen molar-refractivity contribution in [3.8, 4) is 0 Å². The number of amides is 1. The Kier molecular flexibility index (Phi) is 3.22. The van der Waals surface area contributed by atoms with E-state index in [4.69, 9.17) is 5.11 Å². The zero-order valence-electron chi connectivity index (χ0n) is 10.9. The summed E-state index contributed by atoms with van der Waals surface area (Å²) in [6, 6.07) is -0.509. The second-order valence-electron chi connectivity index (χ2n) is 5.10. The van der Waals surface area contributed by atoms with Crippen LogP contribution in [0.5, 0.6) is 0 Å². The fourth-order valence-corrected chi connectivity index (χ4v) is 2.55. The number of ether oxygens (including phenoxy) is 1. The van der Waals surface area contributed by atoms with Gasteiger partial charge in [0.25, 0.3) is 5.91 Å². The van der Waals surface area contributed by atoms with Crippen molar-refractivity contribution in [2.24, 2.45) is 0 Å². The molecule has 0 radical (unpaired) electrons. The maximum Gasteiger partial charge on any atom is 0.506 e. The van der Waals surface area contributed by atoms with E-state index in [9.17, 15) is 27.2 Å². The van der Waals surface area contributed by atoms with Gasteiger partial charge in [-0.1, -0.05) is 0 Å². The van der Waals surface area contributed by atoms with Crippen LogP contribution in [0.15, 0.2) is 0 Å². The van der Waals surface area contributed by atoms with Crippen LogP contribution in [0.25, 0.3) is 0 Å². The SMILES string of the molecule is O=C(O)OC1Cc2c(F)c(F)c(F)c(F)c2N(C2CC2)C1=O. The normalized spacial score (nSPS) is 20.8. The summed E-state index contributed by atoms with van der Waals surface area (Å²) in [5.41, 5.74) is -1.27. The number of halogens is 4. The Morgan fingerprint density at radius 3 is 2.23 bits per heavy atom.